The van der Waals surface area contributed by atoms with Gasteiger partial charge in [-0.05, 0) is 48.4 Å². The summed E-state index contributed by atoms with van der Waals surface area (Å²) in [5.74, 6) is 1.43. The lowest BCUT2D eigenvalue weighted by atomic mass is 10.1. The standard InChI is InChI=1S/C18H17NO3/c1-3-12-4-9-17-15(10-12)16(19-20)11-18(22-17)13-5-7-14(21-2)8-6-13/h4-11,20H,3H2,1-2H3/b19-16-. The van der Waals surface area contributed by atoms with Crippen molar-refractivity contribution in [2.24, 2.45) is 5.16 Å². The first-order chi connectivity index (χ1) is 10.7. The number of methoxy groups -OCH3 is 1. The number of benzene rings is 2. The number of hydrogen-bond donors (Lipinski definition) is 1. The number of fused-ring (bicyclic) bond motifs is 1. The van der Waals surface area contributed by atoms with Crippen LogP contribution in [0.2, 0.25) is 0 Å². The number of hydrogen-bond acceptors (Lipinski definition) is 4. The van der Waals surface area contributed by atoms with Crippen LogP contribution in [-0.4, -0.2) is 12.3 Å². The fourth-order valence-corrected chi connectivity index (χ4v) is 2.42. The highest BCUT2D eigenvalue weighted by molar-refractivity contribution is 5.79. The molecule has 0 fully saturated rings. The zero-order valence-electron chi connectivity index (χ0n) is 12.5. The van der Waals surface area contributed by atoms with Gasteiger partial charge in [-0.2, -0.15) is 0 Å². The molecule has 0 unspecified atom stereocenters. The summed E-state index contributed by atoms with van der Waals surface area (Å²) in [7, 11) is 1.63. The minimum Gasteiger partial charge on any atom is -0.497 e. The lowest BCUT2D eigenvalue weighted by Gasteiger charge is -2.06. The van der Waals surface area contributed by atoms with Crippen LogP contribution in [0.15, 0.2) is 58.1 Å². The number of nitrogens with zero attached hydrogens (tertiary/aromatic N) is 1. The molecule has 0 amide bonds. The molecule has 0 aliphatic carbocycles. The van der Waals surface area contributed by atoms with Crippen LogP contribution in [0.3, 0.4) is 0 Å². The van der Waals surface area contributed by atoms with Crippen LogP contribution in [0.5, 0.6) is 5.75 Å². The largest absolute Gasteiger partial charge is 0.497 e. The third kappa shape index (κ3) is 2.55. The Morgan fingerprint density at radius 1 is 1.09 bits per heavy atom. The summed E-state index contributed by atoms with van der Waals surface area (Å²) in [6, 6.07) is 15.2. The van der Waals surface area contributed by atoms with Gasteiger partial charge in [0.2, 0.25) is 0 Å². The molecule has 0 saturated heterocycles. The summed E-state index contributed by atoms with van der Waals surface area (Å²) in [6.45, 7) is 2.08. The first-order valence-electron chi connectivity index (χ1n) is 7.14. The Kier molecular flexibility index (Phi) is 3.83. The monoisotopic (exact) mass is 295 g/mol. The molecule has 0 atom stereocenters. The molecule has 0 radical (unpaired) electrons. The van der Waals surface area contributed by atoms with Gasteiger partial charge in [-0.1, -0.05) is 18.1 Å². The molecule has 2 aromatic carbocycles. The predicted octanol–water partition coefficient (Wildman–Crippen LogP) is 3.96. The Morgan fingerprint density at radius 2 is 1.86 bits per heavy atom. The van der Waals surface area contributed by atoms with E-state index in [1.165, 1.54) is 5.56 Å². The highest BCUT2D eigenvalue weighted by Gasteiger charge is 2.07. The zero-order valence-corrected chi connectivity index (χ0v) is 12.5. The molecule has 112 valence electrons. The van der Waals surface area contributed by atoms with Gasteiger partial charge in [-0.3, -0.25) is 0 Å². The normalized spacial score (nSPS) is 11.8. The maximum absolute atomic E-state index is 9.32. The second kappa shape index (κ2) is 5.93. The third-order valence-electron chi connectivity index (χ3n) is 3.70. The number of ether oxygens (including phenoxy) is 1. The summed E-state index contributed by atoms with van der Waals surface area (Å²) >= 11 is 0. The molecule has 1 aromatic heterocycles. The lowest BCUT2D eigenvalue weighted by Crippen LogP contribution is -2.04. The van der Waals surface area contributed by atoms with E-state index >= 15 is 0 Å². The summed E-state index contributed by atoms with van der Waals surface area (Å²) in [5, 5.41) is 14.0. The van der Waals surface area contributed by atoms with Gasteiger partial charge in [0.25, 0.3) is 0 Å². The van der Waals surface area contributed by atoms with Crippen LogP contribution in [0.25, 0.3) is 22.3 Å². The van der Waals surface area contributed by atoms with E-state index in [4.69, 9.17) is 9.15 Å². The molecular formula is C18H17NO3. The van der Waals surface area contributed by atoms with Crippen molar-refractivity contribution in [3.05, 3.63) is 59.5 Å². The van der Waals surface area contributed by atoms with Crippen LogP contribution in [0.1, 0.15) is 12.5 Å². The highest BCUT2D eigenvalue weighted by atomic mass is 16.5. The van der Waals surface area contributed by atoms with Crippen molar-refractivity contribution < 1.29 is 14.4 Å². The summed E-state index contributed by atoms with van der Waals surface area (Å²) < 4.78 is 11.1. The van der Waals surface area contributed by atoms with Gasteiger partial charge < -0.3 is 14.4 Å². The van der Waals surface area contributed by atoms with Crippen molar-refractivity contribution in [3.8, 4) is 17.1 Å². The Hall–Kier alpha value is -2.75. The molecule has 4 heteroatoms. The van der Waals surface area contributed by atoms with Gasteiger partial charge in [-0.15, -0.1) is 0 Å². The molecule has 22 heavy (non-hydrogen) atoms. The Morgan fingerprint density at radius 3 is 2.50 bits per heavy atom. The predicted molar refractivity (Wildman–Crippen MR) is 84.9 cm³/mol. The van der Waals surface area contributed by atoms with E-state index in [-0.39, 0.29) is 0 Å². The third-order valence-corrected chi connectivity index (χ3v) is 3.70. The fourth-order valence-electron chi connectivity index (χ4n) is 2.42. The van der Waals surface area contributed by atoms with E-state index < -0.39 is 0 Å². The van der Waals surface area contributed by atoms with E-state index in [0.717, 1.165) is 23.1 Å². The first kappa shape index (κ1) is 14.2. The highest BCUT2D eigenvalue weighted by Crippen LogP contribution is 2.24. The van der Waals surface area contributed by atoms with Gasteiger partial charge >= 0.3 is 0 Å². The Labute approximate surface area is 128 Å². The molecule has 0 aliphatic rings. The average molecular weight is 295 g/mol. The van der Waals surface area contributed by atoms with Crippen molar-refractivity contribution in [3.63, 3.8) is 0 Å². The molecule has 3 aromatic rings. The Bertz CT molecular complexity index is 864. The first-order valence-corrected chi connectivity index (χ1v) is 7.14. The number of aryl methyl sites for hydroxylation is 1. The van der Waals surface area contributed by atoms with E-state index in [0.29, 0.717) is 16.7 Å². The average Bonchev–Trinajstić information content (AvgIpc) is 2.60. The van der Waals surface area contributed by atoms with E-state index in [2.05, 4.69) is 12.1 Å². The maximum Gasteiger partial charge on any atom is 0.137 e. The quantitative estimate of drug-likeness (QED) is 0.588. The van der Waals surface area contributed by atoms with Crippen molar-refractivity contribution in [1.29, 1.82) is 0 Å². The van der Waals surface area contributed by atoms with Crippen LogP contribution in [0, 0.1) is 0 Å². The SMILES string of the molecule is CCc1ccc2oc(-c3ccc(OC)cc3)c/c(=N/O)c2c1. The van der Waals surface area contributed by atoms with Crippen LogP contribution in [-0.2, 0) is 6.42 Å². The molecule has 1 heterocycles. The van der Waals surface area contributed by atoms with Crippen molar-refractivity contribution in [1.82, 2.24) is 0 Å². The zero-order chi connectivity index (χ0) is 15.5. The molecule has 0 saturated carbocycles. The molecule has 0 bridgehead atoms. The van der Waals surface area contributed by atoms with Crippen LogP contribution >= 0.6 is 0 Å². The minimum absolute atomic E-state index is 0.502. The van der Waals surface area contributed by atoms with Gasteiger partial charge in [0.15, 0.2) is 0 Å². The molecule has 4 nitrogen and oxygen atoms in total. The molecule has 3 rings (SSSR count). The molecular weight excluding hydrogens is 278 g/mol. The van der Waals surface area contributed by atoms with Crippen molar-refractivity contribution >= 4 is 11.0 Å². The van der Waals surface area contributed by atoms with E-state index in [9.17, 15) is 5.21 Å². The fraction of sp³-hybridized carbons (Fsp3) is 0.167. The Balaban J connectivity index is 2.19. The maximum atomic E-state index is 9.32. The second-order valence-corrected chi connectivity index (χ2v) is 5.01. The summed E-state index contributed by atoms with van der Waals surface area (Å²) in [4.78, 5) is 0. The van der Waals surface area contributed by atoms with Crippen molar-refractivity contribution in [2.75, 3.05) is 7.11 Å². The van der Waals surface area contributed by atoms with Gasteiger partial charge in [0.1, 0.15) is 22.5 Å². The molecule has 0 aliphatic heterocycles. The molecule has 0 spiro atoms. The van der Waals surface area contributed by atoms with Gasteiger partial charge in [0, 0.05) is 17.0 Å². The minimum atomic E-state index is 0.502. The summed E-state index contributed by atoms with van der Waals surface area (Å²) in [6.07, 6.45) is 0.918. The number of rotatable bonds is 3. The van der Waals surface area contributed by atoms with E-state index in [1.807, 2.05) is 42.5 Å². The van der Waals surface area contributed by atoms with Gasteiger partial charge in [0.05, 0.1) is 7.11 Å². The second-order valence-electron chi connectivity index (χ2n) is 5.01. The van der Waals surface area contributed by atoms with Crippen LogP contribution < -0.4 is 10.1 Å². The van der Waals surface area contributed by atoms with Crippen LogP contribution in [0.4, 0.5) is 0 Å². The summed E-state index contributed by atoms with van der Waals surface area (Å²) in [5.41, 5.74) is 2.76. The van der Waals surface area contributed by atoms with Gasteiger partial charge in [-0.25, -0.2) is 0 Å². The smallest absolute Gasteiger partial charge is 0.137 e. The lowest BCUT2D eigenvalue weighted by molar-refractivity contribution is 0.302. The molecule has 1 N–H and O–H groups in total. The van der Waals surface area contributed by atoms with E-state index in [1.54, 1.807) is 13.2 Å². The van der Waals surface area contributed by atoms with Crippen molar-refractivity contribution in [2.45, 2.75) is 13.3 Å². The topological polar surface area (TPSA) is 55.0 Å².